The fourth-order valence-corrected chi connectivity index (χ4v) is 2.45. The Balaban J connectivity index is 2.10. The van der Waals surface area contributed by atoms with Crippen molar-refractivity contribution < 1.29 is 4.74 Å². The number of likely N-dealkylation sites (N-methyl/N-ethyl adjacent to an activating group) is 1. The number of hydrogen-bond acceptors (Lipinski definition) is 4. The van der Waals surface area contributed by atoms with Crippen LogP contribution in [0.3, 0.4) is 0 Å². The Morgan fingerprint density at radius 2 is 1.86 bits per heavy atom. The number of guanidine groups is 1. The average molecular weight is 299 g/mol. The van der Waals surface area contributed by atoms with Crippen LogP contribution in [-0.4, -0.2) is 88.4 Å². The molecule has 0 radical (unpaired) electrons. The highest BCUT2D eigenvalue weighted by atomic mass is 16.5. The van der Waals surface area contributed by atoms with Crippen molar-refractivity contribution in [3.8, 4) is 0 Å². The summed E-state index contributed by atoms with van der Waals surface area (Å²) in [7, 11) is 1.83. The molecular weight excluding hydrogens is 266 g/mol. The lowest BCUT2D eigenvalue weighted by Crippen LogP contribution is -2.45. The van der Waals surface area contributed by atoms with Gasteiger partial charge in [-0.25, -0.2) is 0 Å². The van der Waals surface area contributed by atoms with Gasteiger partial charge in [-0.15, -0.1) is 0 Å². The summed E-state index contributed by atoms with van der Waals surface area (Å²) in [4.78, 5) is 9.14. The van der Waals surface area contributed by atoms with Gasteiger partial charge in [-0.05, 0) is 19.5 Å². The minimum Gasteiger partial charge on any atom is -0.379 e. The van der Waals surface area contributed by atoms with Gasteiger partial charge >= 0.3 is 0 Å². The van der Waals surface area contributed by atoms with Crippen LogP contribution in [0.25, 0.3) is 0 Å². The van der Waals surface area contributed by atoms with Crippen LogP contribution in [0, 0.1) is 0 Å². The molecular formula is C15H33N5O. The lowest BCUT2D eigenvalue weighted by Gasteiger charge is -2.27. The molecule has 0 saturated carbocycles. The third-order valence-corrected chi connectivity index (χ3v) is 3.76. The minimum atomic E-state index is 0.858. The van der Waals surface area contributed by atoms with E-state index in [1.54, 1.807) is 0 Å². The first kappa shape index (κ1) is 18.2. The van der Waals surface area contributed by atoms with E-state index < -0.39 is 0 Å². The number of hydrogen-bond donors (Lipinski definition) is 2. The van der Waals surface area contributed by atoms with Gasteiger partial charge in [0, 0.05) is 46.3 Å². The van der Waals surface area contributed by atoms with Gasteiger partial charge in [-0.2, -0.15) is 0 Å². The summed E-state index contributed by atoms with van der Waals surface area (Å²) in [5, 5.41) is 6.76. The molecule has 6 heteroatoms. The fourth-order valence-electron chi connectivity index (χ4n) is 2.45. The summed E-state index contributed by atoms with van der Waals surface area (Å²) in [5.41, 5.74) is 0. The Hall–Kier alpha value is -0.850. The van der Waals surface area contributed by atoms with E-state index in [0.717, 1.165) is 65.0 Å². The Morgan fingerprint density at radius 3 is 2.48 bits per heavy atom. The zero-order chi connectivity index (χ0) is 15.3. The van der Waals surface area contributed by atoms with E-state index in [2.05, 4.69) is 39.3 Å². The molecule has 1 aliphatic heterocycles. The molecule has 0 amide bonds. The number of nitrogens with one attached hydrogen (secondary N) is 2. The molecule has 1 heterocycles. The van der Waals surface area contributed by atoms with Crippen molar-refractivity contribution >= 4 is 5.96 Å². The Labute approximate surface area is 129 Å². The van der Waals surface area contributed by atoms with Gasteiger partial charge in [0.25, 0.3) is 0 Å². The number of rotatable bonds is 9. The average Bonchev–Trinajstić information content (AvgIpc) is 2.53. The maximum absolute atomic E-state index is 5.35. The molecule has 124 valence electrons. The normalized spacial score (nSPS) is 17.2. The van der Waals surface area contributed by atoms with Gasteiger partial charge in [0.2, 0.25) is 0 Å². The summed E-state index contributed by atoms with van der Waals surface area (Å²) in [6, 6.07) is 0. The van der Waals surface area contributed by atoms with Gasteiger partial charge < -0.3 is 20.3 Å². The summed E-state index contributed by atoms with van der Waals surface area (Å²) < 4.78 is 5.35. The van der Waals surface area contributed by atoms with Crippen LogP contribution < -0.4 is 10.6 Å². The molecule has 1 aliphatic rings. The van der Waals surface area contributed by atoms with Gasteiger partial charge in [-0.3, -0.25) is 9.89 Å². The van der Waals surface area contributed by atoms with E-state index in [-0.39, 0.29) is 0 Å². The molecule has 0 atom stereocenters. The number of morpholine rings is 1. The van der Waals surface area contributed by atoms with Crippen molar-refractivity contribution in [1.82, 2.24) is 20.4 Å². The third kappa shape index (κ3) is 8.24. The quantitative estimate of drug-likeness (QED) is 0.471. The molecule has 0 aliphatic carbocycles. The second-order valence-electron chi connectivity index (χ2n) is 5.31. The highest BCUT2D eigenvalue weighted by Crippen LogP contribution is 1.94. The number of aliphatic imine (C=N–C) groups is 1. The first-order valence-electron chi connectivity index (χ1n) is 8.27. The molecule has 0 unspecified atom stereocenters. The Kier molecular flexibility index (Phi) is 10.2. The second kappa shape index (κ2) is 11.8. The Morgan fingerprint density at radius 1 is 1.14 bits per heavy atom. The highest BCUT2D eigenvalue weighted by molar-refractivity contribution is 5.79. The molecule has 21 heavy (non-hydrogen) atoms. The monoisotopic (exact) mass is 299 g/mol. The van der Waals surface area contributed by atoms with Crippen LogP contribution in [0.15, 0.2) is 4.99 Å². The van der Waals surface area contributed by atoms with E-state index in [1.165, 1.54) is 13.0 Å². The van der Waals surface area contributed by atoms with Gasteiger partial charge in [-0.1, -0.05) is 13.8 Å². The van der Waals surface area contributed by atoms with Crippen LogP contribution in [0.4, 0.5) is 0 Å². The van der Waals surface area contributed by atoms with Crippen LogP contribution in [0.1, 0.15) is 20.3 Å². The van der Waals surface area contributed by atoms with Crippen molar-refractivity contribution in [2.45, 2.75) is 20.3 Å². The number of ether oxygens (including phenoxy) is 1. The lowest BCUT2D eigenvalue weighted by atomic mass is 10.4. The topological polar surface area (TPSA) is 52.1 Å². The van der Waals surface area contributed by atoms with E-state index >= 15 is 0 Å². The van der Waals surface area contributed by atoms with Crippen LogP contribution in [-0.2, 0) is 4.74 Å². The molecule has 0 aromatic heterocycles. The van der Waals surface area contributed by atoms with E-state index in [9.17, 15) is 0 Å². The molecule has 6 nitrogen and oxygen atoms in total. The SMILES string of the molecule is CCCN(CC)CCNC(=NC)NCCN1CCOCC1. The standard InChI is InChI=1S/C15H33N5O/c1-4-8-19(5-2)9-6-17-15(16-3)18-7-10-20-11-13-21-14-12-20/h4-14H2,1-3H3,(H2,16,17,18). The molecule has 2 N–H and O–H groups in total. The molecule has 1 fully saturated rings. The molecule has 0 bridgehead atoms. The van der Waals surface area contributed by atoms with Crippen molar-refractivity contribution in [2.75, 3.05) is 72.6 Å². The maximum atomic E-state index is 5.35. The summed E-state index contributed by atoms with van der Waals surface area (Å²) in [6.45, 7) is 14.5. The lowest BCUT2D eigenvalue weighted by molar-refractivity contribution is 0.0389. The van der Waals surface area contributed by atoms with Gasteiger partial charge in [0.15, 0.2) is 5.96 Å². The van der Waals surface area contributed by atoms with Crippen molar-refractivity contribution in [3.63, 3.8) is 0 Å². The maximum Gasteiger partial charge on any atom is 0.191 e. The predicted octanol–water partition coefficient (Wildman–Crippen LogP) is 0.216. The molecule has 0 spiro atoms. The van der Waals surface area contributed by atoms with Gasteiger partial charge in [0.1, 0.15) is 0 Å². The summed E-state index contributed by atoms with van der Waals surface area (Å²) >= 11 is 0. The Bertz CT molecular complexity index is 266. The van der Waals surface area contributed by atoms with Crippen molar-refractivity contribution in [1.29, 1.82) is 0 Å². The van der Waals surface area contributed by atoms with Gasteiger partial charge in [0.05, 0.1) is 13.2 Å². The highest BCUT2D eigenvalue weighted by Gasteiger charge is 2.09. The largest absolute Gasteiger partial charge is 0.379 e. The van der Waals surface area contributed by atoms with Crippen LogP contribution >= 0.6 is 0 Å². The second-order valence-corrected chi connectivity index (χ2v) is 5.31. The zero-order valence-electron chi connectivity index (χ0n) is 14.0. The van der Waals surface area contributed by atoms with Crippen LogP contribution in [0.5, 0.6) is 0 Å². The van der Waals surface area contributed by atoms with Crippen molar-refractivity contribution in [2.24, 2.45) is 4.99 Å². The fraction of sp³-hybridized carbons (Fsp3) is 0.933. The minimum absolute atomic E-state index is 0.858. The van der Waals surface area contributed by atoms with E-state index in [0.29, 0.717) is 0 Å². The summed E-state index contributed by atoms with van der Waals surface area (Å²) in [6.07, 6.45) is 1.21. The predicted molar refractivity (Wildman–Crippen MR) is 89.0 cm³/mol. The molecule has 1 rings (SSSR count). The zero-order valence-corrected chi connectivity index (χ0v) is 14.0. The molecule has 0 aromatic rings. The van der Waals surface area contributed by atoms with Crippen LogP contribution in [0.2, 0.25) is 0 Å². The summed E-state index contributed by atoms with van der Waals surface area (Å²) in [5.74, 6) is 0.899. The smallest absolute Gasteiger partial charge is 0.191 e. The van der Waals surface area contributed by atoms with E-state index in [1.807, 2.05) is 7.05 Å². The first-order valence-corrected chi connectivity index (χ1v) is 8.27. The van der Waals surface area contributed by atoms with E-state index in [4.69, 9.17) is 4.74 Å². The molecule has 0 aromatic carbocycles. The van der Waals surface area contributed by atoms with Crippen molar-refractivity contribution in [3.05, 3.63) is 0 Å². The third-order valence-electron chi connectivity index (χ3n) is 3.76. The number of nitrogens with zero attached hydrogens (tertiary/aromatic N) is 3. The first-order chi connectivity index (χ1) is 10.3. The molecule has 1 saturated heterocycles.